The highest BCUT2D eigenvalue weighted by molar-refractivity contribution is 5.91. The van der Waals surface area contributed by atoms with E-state index in [1.54, 1.807) is 11.7 Å². The van der Waals surface area contributed by atoms with E-state index in [0.717, 1.165) is 27.8 Å². The SMILES string of the molecule is CC[C@@]12CCC(=O)[N+](CCc3cn(C)c4cc(OC)ccc34)=C1O/C(=C(\O)OC)[C@@H]2OCc1ccccc1. The smallest absolute Gasteiger partial charge is 0.389 e. The van der Waals surface area contributed by atoms with Crippen molar-refractivity contribution < 1.29 is 33.4 Å². The summed E-state index contributed by atoms with van der Waals surface area (Å²) < 4.78 is 27.1. The molecule has 8 heteroatoms. The van der Waals surface area contributed by atoms with E-state index >= 15 is 0 Å². The van der Waals surface area contributed by atoms with Gasteiger partial charge in [0.25, 0.3) is 0 Å². The van der Waals surface area contributed by atoms with E-state index in [1.165, 1.54) is 7.11 Å². The molecule has 200 valence electrons. The molecule has 0 saturated carbocycles. The first-order valence-corrected chi connectivity index (χ1v) is 13.0. The number of hydrogen-bond acceptors (Lipinski definition) is 6. The number of ether oxygens (including phenoxy) is 4. The predicted molar refractivity (Wildman–Crippen MR) is 143 cm³/mol. The highest BCUT2D eigenvalue weighted by Crippen LogP contribution is 2.48. The average Bonchev–Trinajstić information content (AvgIpc) is 3.45. The molecule has 0 radical (unpaired) electrons. The van der Waals surface area contributed by atoms with Gasteiger partial charge in [-0.2, -0.15) is 0 Å². The van der Waals surface area contributed by atoms with Gasteiger partial charge >= 0.3 is 17.8 Å². The van der Waals surface area contributed by atoms with E-state index < -0.39 is 11.5 Å². The normalized spacial score (nSPS) is 22.4. The molecule has 8 nitrogen and oxygen atoms in total. The molecule has 38 heavy (non-hydrogen) atoms. The van der Waals surface area contributed by atoms with E-state index in [9.17, 15) is 9.90 Å². The third kappa shape index (κ3) is 4.43. The van der Waals surface area contributed by atoms with Crippen LogP contribution in [0.3, 0.4) is 0 Å². The zero-order chi connectivity index (χ0) is 26.9. The van der Waals surface area contributed by atoms with E-state index in [2.05, 4.69) is 23.8 Å². The van der Waals surface area contributed by atoms with Crippen LogP contribution in [0.5, 0.6) is 5.75 Å². The maximum absolute atomic E-state index is 13.3. The van der Waals surface area contributed by atoms with Gasteiger partial charge in [-0.25, -0.2) is 4.79 Å². The largest absolute Gasteiger partial charge is 0.497 e. The summed E-state index contributed by atoms with van der Waals surface area (Å²) in [5.41, 5.74) is 2.63. The quantitative estimate of drug-likeness (QED) is 0.322. The molecule has 2 aliphatic heterocycles. The van der Waals surface area contributed by atoms with Crippen molar-refractivity contribution in [2.75, 3.05) is 20.8 Å². The number of carbonyl (C=O) groups excluding carboxylic acids is 1. The van der Waals surface area contributed by atoms with Gasteiger partial charge in [-0.1, -0.05) is 37.3 Å². The Hall–Kier alpha value is -3.78. The van der Waals surface area contributed by atoms with Crippen LogP contribution in [-0.4, -0.2) is 52.9 Å². The van der Waals surface area contributed by atoms with Gasteiger partial charge in [0.1, 0.15) is 17.3 Å². The number of fused-ring (bicyclic) bond motifs is 2. The minimum absolute atomic E-state index is 0.00551. The summed E-state index contributed by atoms with van der Waals surface area (Å²) >= 11 is 0. The van der Waals surface area contributed by atoms with Crippen LogP contribution in [0.4, 0.5) is 0 Å². The standard InChI is InChI=1S/C30H34N2O6/c1-5-30-15-13-25(33)32(16-14-21-18-31(2)24-17-22(35-3)11-12-23(21)24)29(30)38-26(28(34)36-4)27(30)37-19-20-9-7-6-8-10-20/h6-12,17-18,27H,5,13-16,19H2,1-4H3/p+1/b28-26+/t27-,30-/m0/s1. The number of aromatic nitrogens is 1. The lowest BCUT2D eigenvalue weighted by Crippen LogP contribution is -2.48. The predicted octanol–water partition coefficient (Wildman–Crippen LogP) is 4.85. The maximum Gasteiger partial charge on any atom is 0.389 e. The molecule has 1 amide bonds. The van der Waals surface area contributed by atoms with Crippen LogP contribution in [0.2, 0.25) is 0 Å². The summed E-state index contributed by atoms with van der Waals surface area (Å²) in [5, 5.41) is 11.8. The summed E-state index contributed by atoms with van der Waals surface area (Å²) in [4.78, 5) is 13.3. The third-order valence-electron chi connectivity index (χ3n) is 7.88. The highest BCUT2D eigenvalue weighted by atomic mass is 16.6. The Balaban J connectivity index is 1.50. The Labute approximate surface area is 222 Å². The van der Waals surface area contributed by atoms with Crippen LogP contribution < -0.4 is 4.74 Å². The molecule has 1 saturated heterocycles. The Bertz CT molecular complexity index is 1410. The van der Waals surface area contributed by atoms with Crippen molar-refractivity contribution in [2.45, 2.75) is 45.3 Å². The second-order valence-electron chi connectivity index (χ2n) is 9.91. The molecule has 5 rings (SSSR count). The zero-order valence-corrected chi connectivity index (χ0v) is 22.4. The van der Waals surface area contributed by atoms with Gasteiger partial charge < -0.3 is 28.6 Å². The molecule has 3 heterocycles. The van der Waals surface area contributed by atoms with Gasteiger partial charge in [0.2, 0.25) is 5.76 Å². The van der Waals surface area contributed by atoms with Crippen LogP contribution >= 0.6 is 0 Å². The molecule has 2 aliphatic rings. The number of methoxy groups -OCH3 is 2. The molecule has 1 N–H and O–H groups in total. The van der Waals surface area contributed by atoms with Gasteiger partial charge in [0.05, 0.1) is 32.8 Å². The highest BCUT2D eigenvalue weighted by Gasteiger charge is 2.62. The minimum Gasteiger partial charge on any atom is -0.497 e. The first kappa shape index (κ1) is 25.9. The molecule has 3 aromatic rings. The second kappa shape index (κ2) is 10.5. The first-order chi connectivity index (χ1) is 18.4. The van der Waals surface area contributed by atoms with Crippen molar-refractivity contribution in [3.8, 4) is 5.75 Å². The van der Waals surface area contributed by atoms with E-state index in [1.807, 2.05) is 49.5 Å². The van der Waals surface area contributed by atoms with Crippen LogP contribution in [0.15, 0.2) is 66.4 Å². The molecule has 1 aromatic heterocycles. The Morgan fingerprint density at radius 3 is 2.71 bits per heavy atom. The number of rotatable bonds is 9. The van der Waals surface area contributed by atoms with E-state index in [4.69, 9.17) is 18.9 Å². The van der Waals surface area contributed by atoms with Crippen LogP contribution in [0.1, 0.15) is 37.3 Å². The lowest BCUT2D eigenvalue weighted by Gasteiger charge is -2.31. The van der Waals surface area contributed by atoms with E-state index in [-0.39, 0.29) is 17.6 Å². The molecule has 0 aliphatic carbocycles. The van der Waals surface area contributed by atoms with Crippen LogP contribution in [0.25, 0.3) is 10.9 Å². The van der Waals surface area contributed by atoms with Crippen LogP contribution in [0, 0.1) is 5.41 Å². The molecule has 0 spiro atoms. The molecular formula is C30H35N2O6+. The molecule has 1 fully saturated rings. The summed E-state index contributed by atoms with van der Waals surface area (Å²) in [6.45, 7) is 2.87. The van der Waals surface area contributed by atoms with E-state index in [0.29, 0.717) is 44.7 Å². The van der Waals surface area contributed by atoms with Crippen molar-refractivity contribution in [3.05, 3.63) is 77.6 Å². The van der Waals surface area contributed by atoms with Crippen molar-refractivity contribution in [1.82, 2.24) is 4.57 Å². The molecule has 2 atom stereocenters. The first-order valence-electron chi connectivity index (χ1n) is 13.0. The fourth-order valence-electron chi connectivity index (χ4n) is 5.75. The topological polar surface area (TPSA) is 82.2 Å². The number of amides is 1. The molecule has 2 aromatic carbocycles. The Morgan fingerprint density at radius 1 is 1.21 bits per heavy atom. The monoisotopic (exact) mass is 519 g/mol. The maximum atomic E-state index is 13.3. The second-order valence-corrected chi connectivity index (χ2v) is 9.91. The van der Waals surface area contributed by atoms with Gasteiger partial charge in [-0.05, 0) is 36.1 Å². The summed E-state index contributed by atoms with van der Waals surface area (Å²) in [6.07, 6.45) is 3.79. The number of aliphatic hydroxyl groups excluding tert-OH is 1. The average molecular weight is 520 g/mol. The number of benzene rings is 2. The summed E-state index contributed by atoms with van der Waals surface area (Å²) in [7, 11) is 5.06. The van der Waals surface area contributed by atoms with Crippen molar-refractivity contribution in [3.63, 3.8) is 0 Å². The Kier molecular flexibility index (Phi) is 7.17. The number of carbonyl (C=O) groups is 1. The Morgan fingerprint density at radius 2 is 2.00 bits per heavy atom. The minimum atomic E-state index is -0.587. The number of hydrogen-bond donors (Lipinski definition) is 1. The number of aryl methyl sites for hydroxylation is 1. The number of aliphatic hydroxyl groups is 1. The lowest BCUT2D eigenvalue weighted by molar-refractivity contribution is -0.465. The molecular weight excluding hydrogens is 484 g/mol. The van der Waals surface area contributed by atoms with Crippen molar-refractivity contribution >= 4 is 22.7 Å². The van der Waals surface area contributed by atoms with Crippen molar-refractivity contribution in [2.24, 2.45) is 12.5 Å². The molecule has 0 bridgehead atoms. The number of nitrogens with zero attached hydrogens (tertiary/aromatic N) is 2. The summed E-state index contributed by atoms with van der Waals surface area (Å²) in [6, 6.07) is 15.9. The van der Waals surface area contributed by atoms with Crippen LogP contribution in [-0.2, 0) is 39.1 Å². The van der Waals surface area contributed by atoms with Gasteiger partial charge in [-0.3, -0.25) is 0 Å². The fraction of sp³-hybridized carbons (Fsp3) is 0.400. The van der Waals surface area contributed by atoms with Gasteiger partial charge in [0.15, 0.2) is 6.54 Å². The van der Waals surface area contributed by atoms with Gasteiger partial charge in [0, 0.05) is 31.1 Å². The van der Waals surface area contributed by atoms with Crippen molar-refractivity contribution in [1.29, 1.82) is 0 Å². The van der Waals surface area contributed by atoms with Gasteiger partial charge in [-0.15, -0.1) is 4.58 Å². The lowest BCUT2D eigenvalue weighted by atomic mass is 9.74. The third-order valence-corrected chi connectivity index (χ3v) is 7.88. The zero-order valence-electron chi connectivity index (χ0n) is 22.4. The summed E-state index contributed by atoms with van der Waals surface area (Å²) in [5.74, 6) is 1.24. The molecule has 0 unspecified atom stereocenters. The fourth-order valence-corrected chi connectivity index (χ4v) is 5.75.